The molecule has 2 rings (SSSR count). The Labute approximate surface area is 78.6 Å². The highest BCUT2D eigenvalue weighted by Gasteiger charge is 2.43. The van der Waals surface area contributed by atoms with Crippen molar-refractivity contribution >= 4 is 0 Å². The molecule has 13 heavy (non-hydrogen) atoms. The molecule has 0 radical (unpaired) electrons. The van der Waals surface area contributed by atoms with Crippen LogP contribution in [0, 0.1) is 5.41 Å². The molecule has 1 heterocycles. The Bertz CT molecular complexity index is 287. The van der Waals surface area contributed by atoms with Crippen LogP contribution < -0.4 is 0 Å². The Balaban J connectivity index is 2.25. The van der Waals surface area contributed by atoms with Crippen LogP contribution >= 0.6 is 0 Å². The molecule has 0 aromatic carbocycles. The lowest BCUT2D eigenvalue weighted by molar-refractivity contribution is 0.0333. The molecule has 1 atom stereocenters. The van der Waals surface area contributed by atoms with Gasteiger partial charge in [0.25, 0.3) is 0 Å². The van der Waals surface area contributed by atoms with Crippen LogP contribution in [0.2, 0.25) is 0 Å². The van der Waals surface area contributed by atoms with E-state index in [-0.39, 0.29) is 5.41 Å². The topological polar surface area (TPSA) is 33.4 Å². The average molecular weight is 180 g/mol. The third kappa shape index (κ3) is 1.51. The molecule has 0 bridgehead atoms. The van der Waals surface area contributed by atoms with Crippen LogP contribution in [0.15, 0.2) is 23.0 Å². The number of furan rings is 1. The zero-order chi connectivity index (χ0) is 9.53. The maximum Gasteiger partial charge on any atom is 0.0963 e. The van der Waals surface area contributed by atoms with Gasteiger partial charge in [-0.1, -0.05) is 13.8 Å². The van der Waals surface area contributed by atoms with E-state index in [1.165, 1.54) is 0 Å². The first kappa shape index (κ1) is 8.82. The highest BCUT2D eigenvalue weighted by atomic mass is 16.3. The highest BCUT2D eigenvalue weighted by Crippen LogP contribution is 2.48. The normalized spacial score (nSPS) is 32.2. The highest BCUT2D eigenvalue weighted by molar-refractivity contribution is 5.19. The molecule has 1 fully saturated rings. The van der Waals surface area contributed by atoms with Gasteiger partial charge in [0.2, 0.25) is 0 Å². The molecule has 1 aliphatic carbocycles. The lowest BCUT2D eigenvalue weighted by atomic mass is 9.87. The fourth-order valence-electron chi connectivity index (χ4n) is 2.29. The zero-order valence-electron chi connectivity index (χ0n) is 8.21. The predicted octanol–water partition coefficient (Wildman–Crippen LogP) is 2.68. The monoisotopic (exact) mass is 180 g/mol. The molecule has 1 aromatic heterocycles. The van der Waals surface area contributed by atoms with E-state index in [0.29, 0.717) is 0 Å². The Hall–Kier alpha value is -0.760. The predicted molar refractivity (Wildman–Crippen MR) is 50.2 cm³/mol. The average Bonchev–Trinajstić information content (AvgIpc) is 2.58. The lowest BCUT2D eigenvalue weighted by Crippen LogP contribution is -2.22. The van der Waals surface area contributed by atoms with Gasteiger partial charge in [0.05, 0.1) is 18.1 Å². The molecule has 0 spiro atoms. The van der Waals surface area contributed by atoms with Crippen molar-refractivity contribution in [1.82, 2.24) is 0 Å². The van der Waals surface area contributed by atoms with Crippen molar-refractivity contribution in [2.75, 3.05) is 0 Å². The molecular weight excluding hydrogens is 164 g/mol. The van der Waals surface area contributed by atoms with E-state index >= 15 is 0 Å². The van der Waals surface area contributed by atoms with E-state index in [9.17, 15) is 5.11 Å². The number of hydrogen-bond donors (Lipinski definition) is 1. The number of rotatable bonds is 1. The summed E-state index contributed by atoms with van der Waals surface area (Å²) in [5.74, 6) is 0. The summed E-state index contributed by atoms with van der Waals surface area (Å²) in [6, 6.07) is 1.86. The summed E-state index contributed by atoms with van der Waals surface area (Å²) < 4.78 is 5.00. The van der Waals surface area contributed by atoms with Gasteiger partial charge in [-0.2, -0.15) is 0 Å². The van der Waals surface area contributed by atoms with Gasteiger partial charge in [0.15, 0.2) is 0 Å². The van der Waals surface area contributed by atoms with Gasteiger partial charge in [0, 0.05) is 5.56 Å². The van der Waals surface area contributed by atoms with E-state index in [1.807, 2.05) is 6.07 Å². The van der Waals surface area contributed by atoms with E-state index in [1.54, 1.807) is 12.5 Å². The van der Waals surface area contributed by atoms with Crippen LogP contribution in [0.5, 0.6) is 0 Å². The summed E-state index contributed by atoms with van der Waals surface area (Å²) >= 11 is 0. The molecule has 1 saturated carbocycles. The molecule has 0 amide bonds. The first-order valence-corrected chi connectivity index (χ1v) is 4.77. The molecule has 2 heteroatoms. The van der Waals surface area contributed by atoms with Gasteiger partial charge < -0.3 is 9.52 Å². The molecular formula is C11H16O2. The summed E-state index contributed by atoms with van der Waals surface area (Å²) in [5, 5.41) is 10.3. The minimum absolute atomic E-state index is 0.256. The van der Waals surface area contributed by atoms with Crippen molar-refractivity contribution in [3.8, 4) is 0 Å². The second kappa shape index (κ2) is 2.61. The van der Waals surface area contributed by atoms with Crippen LogP contribution in [0.3, 0.4) is 0 Å². The molecule has 1 aromatic rings. The second-order valence-electron chi connectivity index (χ2n) is 4.88. The molecule has 1 unspecified atom stereocenters. The maximum atomic E-state index is 10.3. The van der Waals surface area contributed by atoms with Crippen molar-refractivity contribution < 1.29 is 9.52 Å². The fourth-order valence-corrected chi connectivity index (χ4v) is 2.29. The van der Waals surface area contributed by atoms with Gasteiger partial charge >= 0.3 is 0 Å². The van der Waals surface area contributed by atoms with Crippen molar-refractivity contribution in [3.63, 3.8) is 0 Å². The van der Waals surface area contributed by atoms with Crippen LogP contribution in [0.1, 0.15) is 38.7 Å². The summed E-state index contributed by atoms with van der Waals surface area (Å²) in [5.41, 5.74) is 0.542. The van der Waals surface area contributed by atoms with Crippen LogP contribution in [0.4, 0.5) is 0 Å². The Morgan fingerprint density at radius 1 is 1.38 bits per heavy atom. The van der Waals surface area contributed by atoms with Crippen LogP contribution in [-0.2, 0) is 5.60 Å². The summed E-state index contributed by atoms with van der Waals surface area (Å²) in [6.45, 7) is 4.40. The Morgan fingerprint density at radius 3 is 2.62 bits per heavy atom. The first-order chi connectivity index (χ1) is 6.02. The first-order valence-electron chi connectivity index (χ1n) is 4.77. The van der Waals surface area contributed by atoms with Gasteiger partial charge in [-0.05, 0) is 30.7 Å². The Kier molecular flexibility index (Phi) is 1.77. The van der Waals surface area contributed by atoms with Crippen molar-refractivity contribution in [3.05, 3.63) is 24.2 Å². The van der Waals surface area contributed by atoms with E-state index in [2.05, 4.69) is 13.8 Å². The molecule has 1 N–H and O–H groups in total. The number of aliphatic hydroxyl groups is 1. The van der Waals surface area contributed by atoms with Crippen LogP contribution in [0.25, 0.3) is 0 Å². The molecule has 72 valence electrons. The third-order valence-corrected chi connectivity index (χ3v) is 3.04. The standard InChI is InChI=1S/C11H16O2/c1-10(2)4-5-11(12,8-10)9-3-6-13-7-9/h3,6-7,12H,4-5,8H2,1-2H3. The summed E-state index contributed by atoms with van der Waals surface area (Å²) in [7, 11) is 0. The van der Waals surface area contributed by atoms with E-state index in [0.717, 1.165) is 24.8 Å². The van der Waals surface area contributed by atoms with Gasteiger partial charge in [-0.15, -0.1) is 0 Å². The molecule has 0 aliphatic heterocycles. The number of hydrogen-bond acceptors (Lipinski definition) is 2. The third-order valence-electron chi connectivity index (χ3n) is 3.04. The molecule has 1 aliphatic rings. The summed E-state index contributed by atoms with van der Waals surface area (Å²) in [4.78, 5) is 0. The SMILES string of the molecule is CC1(C)CCC(O)(c2ccoc2)C1. The fraction of sp³-hybridized carbons (Fsp3) is 0.636. The minimum atomic E-state index is -0.642. The van der Waals surface area contributed by atoms with E-state index in [4.69, 9.17) is 4.42 Å². The van der Waals surface area contributed by atoms with Gasteiger partial charge in [0.1, 0.15) is 0 Å². The second-order valence-corrected chi connectivity index (χ2v) is 4.88. The van der Waals surface area contributed by atoms with Crippen molar-refractivity contribution in [2.24, 2.45) is 5.41 Å². The Morgan fingerprint density at radius 2 is 2.15 bits per heavy atom. The quantitative estimate of drug-likeness (QED) is 0.720. The molecule has 2 nitrogen and oxygen atoms in total. The van der Waals surface area contributed by atoms with E-state index < -0.39 is 5.60 Å². The van der Waals surface area contributed by atoms with Crippen LogP contribution in [-0.4, -0.2) is 5.11 Å². The molecule has 0 saturated heterocycles. The van der Waals surface area contributed by atoms with Gasteiger partial charge in [-0.25, -0.2) is 0 Å². The maximum absolute atomic E-state index is 10.3. The minimum Gasteiger partial charge on any atom is -0.472 e. The van der Waals surface area contributed by atoms with Gasteiger partial charge in [-0.3, -0.25) is 0 Å². The lowest BCUT2D eigenvalue weighted by Gasteiger charge is -2.23. The largest absolute Gasteiger partial charge is 0.472 e. The zero-order valence-corrected chi connectivity index (χ0v) is 8.21. The smallest absolute Gasteiger partial charge is 0.0963 e. The van der Waals surface area contributed by atoms with Crippen molar-refractivity contribution in [1.29, 1.82) is 0 Å². The summed E-state index contributed by atoms with van der Waals surface area (Å²) in [6.07, 6.45) is 6.04. The van der Waals surface area contributed by atoms with Crippen molar-refractivity contribution in [2.45, 2.75) is 38.7 Å².